The van der Waals surface area contributed by atoms with Crippen LogP contribution in [0.25, 0.3) is 0 Å². The number of aliphatic hydroxyl groups excluding tert-OH is 1. The molecule has 1 heterocycles. The fraction of sp³-hybridized carbons (Fsp3) is 0.971. The van der Waals surface area contributed by atoms with Crippen molar-refractivity contribution in [2.75, 3.05) is 6.61 Å². The van der Waals surface area contributed by atoms with Crippen LogP contribution < -0.4 is 5.32 Å². The molecule has 0 aromatic rings. The SMILES string of the molecule is CCCCCCCCCCCCCCCCCC(=O)NC1COC(CCCCCCCCCCCC)C1O. The van der Waals surface area contributed by atoms with Crippen LogP contribution in [-0.2, 0) is 9.53 Å². The molecule has 0 aromatic heterocycles. The van der Waals surface area contributed by atoms with Gasteiger partial charge in [-0.3, -0.25) is 4.79 Å². The van der Waals surface area contributed by atoms with Gasteiger partial charge in [-0.2, -0.15) is 0 Å². The zero-order valence-corrected chi connectivity index (χ0v) is 25.8. The number of rotatable bonds is 28. The highest BCUT2D eigenvalue weighted by atomic mass is 16.5. The Balaban J connectivity index is 1.88. The number of hydrogen-bond acceptors (Lipinski definition) is 3. The van der Waals surface area contributed by atoms with Crippen LogP contribution in [0.2, 0.25) is 0 Å². The summed E-state index contributed by atoms with van der Waals surface area (Å²) >= 11 is 0. The van der Waals surface area contributed by atoms with Gasteiger partial charge in [0, 0.05) is 6.42 Å². The molecule has 4 nitrogen and oxygen atoms in total. The van der Waals surface area contributed by atoms with Gasteiger partial charge in [0.25, 0.3) is 0 Å². The van der Waals surface area contributed by atoms with Crippen LogP contribution in [0.3, 0.4) is 0 Å². The minimum Gasteiger partial charge on any atom is -0.388 e. The summed E-state index contributed by atoms with van der Waals surface area (Å²) in [5, 5.41) is 13.6. The summed E-state index contributed by atoms with van der Waals surface area (Å²) in [6, 6.07) is -0.230. The standard InChI is InChI=1S/C34H67NO3/c1-3-5-7-9-11-13-15-16-17-18-19-21-23-25-27-29-33(36)35-31-30-38-32(34(31)37)28-26-24-22-20-14-12-10-8-6-4-2/h31-32,34,37H,3-30H2,1-2H3,(H,35,36). The maximum absolute atomic E-state index is 12.4. The predicted molar refractivity (Wildman–Crippen MR) is 164 cm³/mol. The molecule has 0 aliphatic carbocycles. The molecule has 0 radical (unpaired) electrons. The minimum atomic E-state index is -0.557. The van der Waals surface area contributed by atoms with Crippen LogP contribution in [0, 0.1) is 0 Å². The number of ether oxygens (including phenoxy) is 1. The Kier molecular flexibility index (Phi) is 24.8. The van der Waals surface area contributed by atoms with E-state index in [0.717, 1.165) is 25.7 Å². The van der Waals surface area contributed by atoms with E-state index in [0.29, 0.717) is 13.0 Å². The molecule has 0 aromatic carbocycles. The van der Waals surface area contributed by atoms with Gasteiger partial charge in [0.2, 0.25) is 5.91 Å². The summed E-state index contributed by atoms with van der Waals surface area (Å²) in [4.78, 5) is 12.4. The van der Waals surface area contributed by atoms with E-state index in [-0.39, 0.29) is 18.1 Å². The van der Waals surface area contributed by atoms with E-state index in [4.69, 9.17) is 4.74 Å². The summed E-state index contributed by atoms with van der Waals surface area (Å²) < 4.78 is 5.83. The van der Waals surface area contributed by atoms with Gasteiger partial charge in [-0.05, 0) is 12.8 Å². The maximum Gasteiger partial charge on any atom is 0.220 e. The first-order valence-electron chi connectivity index (χ1n) is 17.3. The average molecular weight is 538 g/mol. The van der Waals surface area contributed by atoms with E-state index in [1.165, 1.54) is 141 Å². The van der Waals surface area contributed by atoms with Crippen LogP contribution in [0.1, 0.15) is 187 Å². The Bertz CT molecular complexity index is 512. The van der Waals surface area contributed by atoms with Gasteiger partial charge >= 0.3 is 0 Å². The third-order valence-corrected chi connectivity index (χ3v) is 8.48. The molecule has 2 N–H and O–H groups in total. The van der Waals surface area contributed by atoms with Gasteiger partial charge in [-0.25, -0.2) is 0 Å². The van der Waals surface area contributed by atoms with Crippen molar-refractivity contribution < 1.29 is 14.6 Å². The average Bonchev–Trinajstić information content (AvgIpc) is 3.26. The number of aliphatic hydroxyl groups is 1. The first kappa shape index (κ1) is 35.4. The summed E-state index contributed by atoms with van der Waals surface area (Å²) in [5.74, 6) is 0.0759. The molecule has 3 unspecified atom stereocenters. The molecule has 1 aliphatic rings. The Hall–Kier alpha value is -0.610. The second-order valence-corrected chi connectivity index (χ2v) is 12.2. The molecule has 38 heavy (non-hydrogen) atoms. The lowest BCUT2D eigenvalue weighted by atomic mass is 10.0. The number of nitrogens with one attached hydrogen (secondary N) is 1. The van der Waals surface area contributed by atoms with Gasteiger partial charge in [-0.1, -0.05) is 168 Å². The molecule has 0 bridgehead atoms. The Morgan fingerprint density at radius 3 is 1.39 bits per heavy atom. The topological polar surface area (TPSA) is 58.6 Å². The molecule has 4 heteroatoms. The molecular weight excluding hydrogens is 470 g/mol. The fourth-order valence-electron chi connectivity index (χ4n) is 5.83. The van der Waals surface area contributed by atoms with Gasteiger partial charge in [0.05, 0.1) is 18.8 Å². The highest BCUT2D eigenvalue weighted by Crippen LogP contribution is 2.21. The maximum atomic E-state index is 12.4. The van der Waals surface area contributed by atoms with E-state index in [9.17, 15) is 9.90 Å². The molecule has 1 fully saturated rings. The number of carbonyl (C=O) groups is 1. The normalized spacial score (nSPS) is 19.3. The monoisotopic (exact) mass is 538 g/mol. The molecular formula is C34H67NO3. The summed E-state index contributed by atoms with van der Waals surface area (Å²) in [5.41, 5.74) is 0. The van der Waals surface area contributed by atoms with Crippen LogP contribution in [0.4, 0.5) is 0 Å². The number of carbonyl (C=O) groups excluding carboxylic acids is 1. The second kappa shape index (κ2) is 26.6. The highest BCUT2D eigenvalue weighted by Gasteiger charge is 2.36. The molecule has 3 atom stereocenters. The van der Waals surface area contributed by atoms with Gasteiger partial charge in [0.1, 0.15) is 6.10 Å². The third-order valence-electron chi connectivity index (χ3n) is 8.48. The van der Waals surface area contributed by atoms with E-state index in [1.807, 2.05) is 0 Å². The zero-order valence-electron chi connectivity index (χ0n) is 25.8. The highest BCUT2D eigenvalue weighted by molar-refractivity contribution is 5.76. The molecule has 0 saturated carbocycles. The van der Waals surface area contributed by atoms with Gasteiger partial charge in [-0.15, -0.1) is 0 Å². The summed E-state index contributed by atoms with van der Waals surface area (Å²) in [7, 11) is 0. The van der Waals surface area contributed by atoms with Crippen LogP contribution >= 0.6 is 0 Å². The van der Waals surface area contributed by atoms with Crippen molar-refractivity contribution in [1.29, 1.82) is 0 Å². The van der Waals surface area contributed by atoms with Crippen molar-refractivity contribution in [3.63, 3.8) is 0 Å². The first-order chi connectivity index (χ1) is 18.7. The lowest BCUT2D eigenvalue weighted by Crippen LogP contribution is -2.44. The van der Waals surface area contributed by atoms with Crippen molar-refractivity contribution in [3.05, 3.63) is 0 Å². The van der Waals surface area contributed by atoms with Gasteiger partial charge < -0.3 is 15.2 Å². The fourth-order valence-corrected chi connectivity index (χ4v) is 5.83. The number of amides is 1. The molecule has 1 saturated heterocycles. The predicted octanol–water partition coefficient (Wildman–Crippen LogP) is 9.80. The van der Waals surface area contributed by atoms with E-state index >= 15 is 0 Å². The van der Waals surface area contributed by atoms with Crippen LogP contribution in [0.15, 0.2) is 0 Å². The quantitative estimate of drug-likeness (QED) is 0.0976. The van der Waals surface area contributed by atoms with Crippen molar-refractivity contribution in [1.82, 2.24) is 5.32 Å². The molecule has 1 rings (SSSR count). The minimum absolute atomic E-state index is 0.0759. The van der Waals surface area contributed by atoms with Crippen molar-refractivity contribution in [2.24, 2.45) is 0 Å². The summed E-state index contributed by atoms with van der Waals surface area (Å²) in [6.45, 7) is 5.00. The van der Waals surface area contributed by atoms with Crippen LogP contribution in [0.5, 0.6) is 0 Å². The van der Waals surface area contributed by atoms with Crippen molar-refractivity contribution >= 4 is 5.91 Å². The Labute approximate surface area is 237 Å². The van der Waals surface area contributed by atoms with Crippen molar-refractivity contribution in [3.8, 4) is 0 Å². The molecule has 1 amide bonds. The first-order valence-corrected chi connectivity index (χ1v) is 17.3. The van der Waals surface area contributed by atoms with E-state index < -0.39 is 6.10 Å². The summed E-state index contributed by atoms with van der Waals surface area (Å²) in [6.07, 6.45) is 34.0. The second-order valence-electron chi connectivity index (χ2n) is 12.2. The van der Waals surface area contributed by atoms with Crippen LogP contribution in [-0.4, -0.2) is 35.9 Å². The Morgan fingerprint density at radius 2 is 0.974 bits per heavy atom. The smallest absolute Gasteiger partial charge is 0.220 e. The lowest BCUT2D eigenvalue weighted by Gasteiger charge is -2.18. The van der Waals surface area contributed by atoms with Gasteiger partial charge in [0.15, 0.2) is 0 Å². The molecule has 1 aliphatic heterocycles. The lowest BCUT2D eigenvalue weighted by molar-refractivity contribution is -0.122. The Morgan fingerprint density at radius 1 is 0.605 bits per heavy atom. The largest absolute Gasteiger partial charge is 0.388 e. The number of hydrogen-bond donors (Lipinski definition) is 2. The number of unbranched alkanes of at least 4 members (excludes halogenated alkanes) is 23. The third kappa shape index (κ3) is 20.3. The van der Waals surface area contributed by atoms with E-state index in [1.54, 1.807) is 0 Å². The van der Waals surface area contributed by atoms with Crippen molar-refractivity contribution in [2.45, 2.75) is 205 Å². The van der Waals surface area contributed by atoms with E-state index in [2.05, 4.69) is 19.2 Å². The zero-order chi connectivity index (χ0) is 27.5. The molecule has 0 spiro atoms. The molecule has 226 valence electrons.